The van der Waals surface area contributed by atoms with Gasteiger partial charge in [0.1, 0.15) is 11.1 Å². The van der Waals surface area contributed by atoms with E-state index in [1.807, 2.05) is 6.07 Å². The van der Waals surface area contributed by atoms with E-state index in [1.165, 1.54) is 4.88 Å². The van der Waals surface area contributed by atoms with Gasteiger partial charge in [-0.15, -0.1) is 11.3 Å². The molecule has 1 unspecified atom stereocenters. The van der Waals surface area contributed by atoms with Crippen LogP contribution in [0.5, 0.6) is 0 Å². The lowest BCUT2D eigenvalue weighted by atomic mass is 9.87. The number of anilines is 1. The summed E-state index contributed by atoms with van der Waals surface area (Å²) >= 11 is 6.81. The number of nitrogens with zero attached hydrogens (tertiary/aromatic N) is 1. The van der Waals surface area contributed by atoms with Crippen molar-refractivity contribution in [1.82, 2.24) is 5.32 Å². The third-order valence-electron chi connectivity index (χ3n) is 4.16. The second-order valence-corrected chi connectivity index (χ2v) is 7.34. The first kappa shape index (κ1) is 16.6. The van der Waals surface area contributed by atoms with Gasteiger partial charge in [-0.25, -0.2) is 0 Å². The number of nitriles is 1. The van der Waals surface area contributed by atoms with E-state index in [2.05, 4.69) is 23.6 Å². The van der Waals surface area contributed by atoms with Gasteiger partial charge in [-0.3, -0.25) is 10.1 Å². The summed E-state index contributed by atoms with van der Waals surface area (Å²) in [7, 11) is 0. The Bertz CT molecular complexity index is 821. The molecule has 1 aliphatic carbocycles. The van der Waals surface area contributed by atoms with Crippen LogP contribution in [0.4, 0.5) is 5.00 Å². The number of carbonyl (C=O) groups is 1. The summed E-state index contributed by atoms with van der Waals surface area (Å²) in [5.74, 6) is 0.129. The first-order valence-electron chi connectivity index (χ1n) is 7.83. The minimum absolute atomic E-state index is 0.214. The molecule has 0 spiro atoms. The van der Waals surface area contributed by atoms with Crippen LogP contribution in [0.1, 0.15) is 52.0 Å². The van der Waals surface area contributed by atoms with Crippen molar-refractivity contribution in [2.45, 2.75) is 32.1 Å². The number of thiocarbonyl (C=S) groups is 1. The fourth-order valence-electron chi connectivity index (χ4n) is 3.01. The van der Waals surface area contributed by atoms with Crippen LogP contribution in [0, 0.1) is 11.3 Å². The predicted molar refractivity (Wildman–Crippen MR) is 101 cm³/mol. The first-order valence-corrected chi connectivity index (χ1v) is 9.05. The summed E-state index contributed by atoms with van der Waals surface area (Å²) in [6.45, 7) is 2.16. The summed E-state index contributed by atoms with van der Waals surface area (Å²) in [5, 5.41) is 16.2. The average molecular weight is 355 g/mol. The minimum atomic E-state index is -0.263. The predicted octanol–water partition coefficient (Wildman–Crippen LogP) is 4.19. The van der Waals surface area contributed by atoms with Crippen molar-refractivity contribution < 1.29 is 4.79 Å². The maximum Gasteiger partial charge on any atom is 0.257 e. The van der Waals surface area contributed by atoms with E-state index in [1.54, 1.807) is 35.6 Å². The normalized spacial score (nSPS) is 15.9. The summed E-state index contributed by atoms with van der Waals surface area (Å²) in [5.41, 5.74) is 2.35. The summed E-state index contributed by atoms with van der Waals surface area (Å²) in [6, 6.07) is 11.2. The second-order valence-electron chi connectivity index (χ2n) is 5.82. The lowest BCUT2D eigenvalue weighted by Gasteiger charge is -2.18. The van der Waals surface area contributed by atoms with Crippen LogP contribution < -0.4 is 10.6 Å². The van der Waals surface area contributed by atoms with Crippen molar-refractivity contribution >= 4 is 39.6 Å². The highest BCUT2D eigenvalue weighted by Crippen LogP contribution is 2.42. The zero-order chi connectivity index (χ0) is 17.1. The van der Waals surface area contributed by atoms with Gasteiger partial charge in [-0.05, 0) is 55.1 Å². The van der Waals surface area contributed by atoms with E-state index in [-0.39, 0.29) is 11.0 Å². The van der Waals surface area contributed by atoms with Gasteiger partial charge in [0.2, 0.25) is 0 Å². The Labute approximate surface area is 150 Å². The Morgan fingerprint density at radius 2 is 2.12 bits per heavy atom. The van der Waals surface area contributed by atoms with E-state index in [0.717, 1.165) is 29.8 Å². The highest BCUT2D eigenvalue weighted by Gasteiger charge is 2.26. The molecule has 3 rings (SSSR count). The van der Waals surface area contributed by atoms with Crippen LogP contribution >= 0.6 is 23.6 Å². The smallest absolute Gasteiger partial charge is 0.257 e. The molecule has 1 heterocycles. The number of nitrogens with one attached hydrogen (secondary N) is 2. The Hall–Kier alpha value is -2.23. The molecule has 2 aromatic rings. The Morgan fingerprint density at radius 3 is 2.83 bits per heavy atom. The van der Waals surface area contributed by atoms with Gasteiger partial charge in [0.15, 0.2) is 5.11 Å². The quantitative estimate of drug-likeness (QED) is 0.793. The van der Waals surface area contributed by atoms with E-state index in [9.17, 15) is 10.1 Å². The molecule has 1 atom stereocenters. The number of thiophene rings is 1. The van der Waals surface area contributed by atoms with Crippen molar-refractivity contribution in [3.63, 3.8) is 0 Å². The summed E-state index contributed by atoms with van der Waals surface area (Å²) in [4.78, 5) is 13.4. The maximum absolute atomic E-state index is 12.1. The number of amides is 1. The maximum atomic E-state index is 12.1. The molecule has 1 aromatic heterocycles. The highest BCUT2D eigenvalue weighted by molar-refractivity contribution is 7.80. The molecule has 0 radical (unpaired) electrons. The number of hydrogen-bond acceptors (Lipinski definition) is 4. The summed E-state index contributed by atoms with van der Waals surface area (Å²) in [6.07, 6.45) is 3.26. The third kappa shape index (κ3) is 3.32. The lowest BCUT2D eigenvalue weighted by molar-refractivity contribution is 0.0977. The van der Waals surface area contributed by atoms with Gasteiger partial charge in [0.25, 0.3) is 5.91 Å². The number of aryl methyl sites for hydroxylation is 1. The molecule has 1 aromatic carbocycles. The molecule has 122 valence electrons. The number of hydrogen-bond donors (Lipinski definition) is 2. The number of fused-ring (bicyclic) bond motifs is 1. The van der Waals surface area contributed by atoms with Gasteiger partial charge >= 0.3 is 0 Å². The molecule has 4 nitrogen and oxygen atoms in total. The summed E-state index contributed by atoms with van der Waals surface area (Å²) < 4.78 is 0. The molecule has 1 amide bonds. The standard InChI is InChI=1S/C18H17N3OS2/c1-11-6-5-9-14-15(11)13(10-19)17(24-14)21-18(23)20-16(22)12-7-3-2-4-8-12/h2-4,7-8,11H,5-6,9H2,1H3,(H2,20,21,22,23). The molecule has 24 heavy (non-hydrogen) atoms. The molecule has 0 saturated heterocycles. The van der Waals surface area contributed by atoms with Gasteiger partial charge < -0.3 is 5.32 Å². The van der Waals surface area contributed by atoms with Gasteiger partial charge in [0, 0.05) is 10.4 Å². The fraction of sp³-hybridized carbons (Fsp3) is 0.278. The van der Waals surface area contributed by atoms with E-state index < -0.39 is 0 Å². The Morgan fingerprint density at radius 1 is 1.38 bits per heavy atom. The van der Waals surface area contributed by atoms with Gasteiger partial charge in [0.05, 0.1) is 5.56 Å². The topological polar surface area (TPSA) is 64.9 Å². The molecule has 0 bridgehead atoms. The Balaban J connectivity index is 1.76. The SMILES string of the molecule is CC1CCCc2sc(NC(=S)NC(=O)c3ccccc3)c(C#N)c21. The van der Waals surface area contributed by atoms with E-state index in [0.29, 0.717) is 17.0 Å². The van der Waals surface area contributed by atoms with Crippen molar-refractivity contribution in [1.29, 1.82) is 5.26 Å². The monoisotopic (exact) mass is 355 g/mol. The number of carbonyl (C=O) groups excluding carboxylic acids is 1. The Kier molecular flexibility index (Phi) is 4.93. The van der Waals surface area contributed by atoms with E-state index in [4.69, 9.17) is 12.2 Å². The highest BCUT2D eigenvalue weighted by atomic mass is 32.1. The zero-order valence-electron chi connectivity index (χ0n) is 13.3. The number of benzene rings is 1. The van der Waals surface area contributed by atoms with Crippen molar-refractivity contribution in [2.24, 2.45) is 0 Å². The van der Waals surface area contributed by atoms with Crippen molar-refractivity contribution in [2.75, 3.05) is 5.32 Å². The average Bonchev–Trinajstić information content (AvgIpc) is 2.93. The molecule has 0 saturated carbocycles. The molecule has 2 N–H and O–H groups in total. The van der Waals surface area contributed by atoms with Crippen LogP contribution in [0.15, 0.2) is 30.3 Å². The van der Waals surface area contributed by atoms with Gasteiger partial charge in [-0.2, -0.15) is 5.26 Å². The zero-order valence-corrected chi connectivity index (χ0v) is 14.9. The lowest BCUT2D eigenvalue weighted by Crippen LogP contribution is -2.34. The first-order chi connectivity index (χ1) is 11.6. The van der Waals surface area contributed by atoms with Crippen LogP contribution in [-0.2, 0) is 6.42 Å². The van der Waals surface area contributed by atoms with Crippen LogP contribution in [0.25, 0.3) is 0 Å². The van der Waals surface area contributed by atoms with Crippen LogP contribution in [0.3, 0.4) is 0 Å². The molecule has 1 aliphatic rings. The molecule has 0 fully saturated rings. The van der Waals surface area contributed by atoms with Crippen molar-refractivity contribution in [3.8, 4) is 6.07 Å². The van der Waals surface area contributed by atoms with E-state index >= 15 is 0 Å². The molecule has 6 heteroatoms. The third-order valence-corrected chi connectivity index (χ3v) is 5.54. The second kappa shape index (κ2) is 7.12. The van der Waals surface area contributed by atoms with Crippen LogP contribution in [0.2, 0.25) is 0 Å². The largest absolute Gasteiger partial charge is 0.323 e. The molecular formula is C18H17N3OS2. The van der Waals surface area contributed by atoms with Crippen LogP contribution in [-0.4, -0.2) is 11.0 Å². The number of rotatable bonds is 2. The molecular weight excluding hydrogens is 338 g/mol. The fourth-order valence-corrected chi connectivity index (χ4v) is 4.59. The molecule has 0 aliphatic heterocycles. The minimum Gasteiger partial charge on any atom is -0.323 e. The van der Waals surface area contributed by atoms with Gasteiger partial charge in [-0.1, -0.05) is 25.1 Å². The van der Waals surface area contributed by atoms with Crippen molar-refractivity contribution in [3.05, 3.63) is 51.9 Å².